The molecule has 7 heteroatoms. The number of anilines is 1. The van der Waals surface area contributed by atoms with Gasteiger partial charge in [-0.1, -0.05) is 24.3 Å². The van der Waals surface area contributed by atoms with Gasteiger partial charge in [0.05, 0.1) is 6.61 Å². The number of nitrogens with one attached hydrogen (secondary N) is 3. The topological polar surface area (TPSA) is 70.7 Å². The minimum Gasteiger partial charge on any atom is -0.493 e. The van der Waals surface area contributed by atoms with Gasteiger partial charge in [-0.2, -0.15) is 0 Å². The molecule has 1 heterocycles. The monoisotopic (exact) mass is 508 g/mol. The molecule has 29 heavy (non-hydrogen) atoms. The van der Waals surface area contributed by atoms with Gasteiger partial charge < -0.3 is 25.1 Å². The molecule has 0 saturated heterocycles. The van der Waals surface area contributed by atoms with E-state index in [0.29, 0.717) is 13.2 Å². The van der Waals surface area contributed by atoms with Gasteiger partial charge in [-0.05, 0) is 29.7 Å². The van der Waals surface area contributed by atoms with Crippen LogP contribution in [0.25, 0.3) is 10.9 Å². The summed E-state index contributed by atoms with van der Waals surface area (Å²) in [6, 6.07) is 18.4. The van der Waals surface area contributed by atoms with E-state index >= 15 is 0 Å². The molecular formula is C22H29IN4O2. The number of H-pyrrole nitrogens is 1. The van der Waals surface area contributed by atoms with Gasteiger partial charge >= 0.3 is 0 Å². The summed E-state index contributed by atoms with van der Waals surface area (Å²) in [6.45, 7) is 2.11. The van der Waals surface area contributed by atoms with Crippen molar-refractivity contribution in [2.24, 2.45) is 4.99 Å². The highest BCUT2D eigenvalue weighted by atomic mass is 127. The van der Waals surface area contributed by atoms with E-state index in [9.17, 15) is 0 Å². The van der Waals surface area contributed by atoms with Crippen molar-refractivity contribution in [2.45, 2.75) is 12.8 Å². The third-order valence-electron chi connectivity index (χ3n) is 4.35. The number of guanidine groups is 1. The first-order valence-corrected chi connectivity index (χ1v) is 9.54. The quantitative estimate of drug-likeness (QED) is 0.173. The highest BCUT2D eigenvalue weighted by Crippen LogP contribution is 2.18. The number of ether oxygens (including phenoxy) is 2. The Hall–Kier alpha value is -2.26. The number of methoxy groups -OCH3 is 1. The van der Waals surface area contributed by atoms with Crippen molar-refractivity contribution >= 4 is 46.5 Å². The van der Waals surface area contributed by atoms with Gasteiger partial charge in [0.25, 0.3) is 0 Å². The molecule has 6 nitrogen and oxygen atoms in total. The molecule has 0 fully saturated rings. The predicted molar refractivity (Wildman–Crippen MR) is 131 cm³/mol. The first kappa shape index (κ1) is 23.0. The van der Waals surface area contributed by atoms with Gasteiger partial charge in [-0.3, -0.25) is 4.99 Å². The summed E-state index contributed by atoms with van der Waals surface area (Å²) in [7, 11) is 3.46. The molecule has 0 aliphatic carbocycles. The van der Waals surface area contributed by atoms with Gasteiger partial charge in [0.15, 0.2) is 5.96 Å². The number of benzene rings is 2. The molecule has 156 valence electrons. The number of rotatable bonds is 9. The lowest BCUT2D eigenvalue weighted by Crippen LogP contribution is -2.32. The SMILES string of the molecule is CN=C(NCCc1cc2ccccc2[nH]1)Nc1cccc(OCCCOC)c1.I. The first-order valence-electron chi connectivity index (χ1n) is 9.54. The van der Waals surface area contributed by atoms with Crippen molar-refractivity contribution in [2.75, 3.05) is 39.2 Å². The van der Waals surface area contributed by atoms with Crippen LogP contribution in [-0.2, 0) is 11.2 Å². The molecule has 0 aliphatic rings. The van der Waals surface area contributed by atoms with E-state index < -0.39 is 0 Å². The molecule has 2 aromatic carbocycles. The number of aromatic amines is 1. The maximum Gasteiger partial charge on any atom is 0.195 e. The predicted octanol–water partition coefficient (Wildman–Crippen LogP) is 4.43. The van der Waals surface area contributed by atoms with Crippen molar-refractivity contribution < 1.29 is 9.47 Å². The van der Waals surface area contributed by atoms with Crippen LogP contribution >= 0.6 is 24.0 Å². The maximum absolute atomic E-state index is 5.75. The second kappa shape index (κ2) is 12.3. The van der Waals surface area contributed by atoms with Crippen molar-refractivity contribution in [3.63, 3.8) is 0 Å². The fraction of sp³-hybridized carbons (Fsp3) is 0.318. The minimum absolute atomic E-state index is 0. The molecule has 3 rings (SSSR count). The number of fused-ring (bicyclic) bond motifs is 1. The summed E-state index contributed by atoms with van der Waals surface area (Å²) in [4.78, 5) is 7.75. The van der Waals surface area contributed by atoms with E-state index in [1.54, 1.807) is 14.2 Å². The highest BCUT2D eigenvalue weighted by Gasteiger charge is 2.03. The Morgan fingerprint density at radius 1 is 1.07 bits per heavy atom. The van der Waals surface area contributed by atoms with Crippen LogP contribution in [0.2, 0.25) is 0 Å². The van der Waals surface area contributed by atoms with Crippen molar-refractivity contribution in [1.82, 2.24) is 10.3 Å². The summed E-state index contributed by atoms with van der Waals surface area (Å²) in [6.07, 6.45) is 1.75. The van der Waals surface area contributed by atoms with Crippen LogP contribution in [0.15, 0.2) is 59.6 Å². The van der Waals surface area contributed by atoms with E-state index in [1.807, 2.05) is 30.3 Å². The Morgan fingerprint density at radius 2 is 1.93 bits per heavy atom. The summed E-state index contributed by atoms with van der Waals surface area (Å²) in [5.41, 5.74) is 3.31. The molecular weight excluding hydrogens is 479 g/mol. The Kier molecular flexibility index (Phi) is 9.79. The van der Waals surface area contributed by atoms with Crippen LogP contribution in [0, 0.1) is 0 Å². The number of para-hydroxylation sites is 1. The number of aromatic nitrogens is 1. The molecule has 3 N–H and O–H groups in total. The van der Waals surface area contributed by atoms with Crippen LogP contribution < -0.4 is 15.4 Å². The number of aliphatic imine (C=N–C) groups is 1. The molecule has 0 aliphatic heterocycles. The summed E-state index contributed by atoms with van der Waals surface area (Å²) in [5, 5.41) is 7.90. The third-order valence-corrected chi connectivity index (χ3v) is 4.35. The number of nitrogens with zero attached hydrogens (tertiary/aromatic N) is 1. The van der Waals surface area contributed by atoms with Gasteiger partial charge in [-0.15, -0.1) is 24.0 Å². The number of halogens is 1. The third kappa shape index (κ3) is 7.25. The second-order valence-corrected chi connectivity index (χ2v) is 6.48. The van der Waals surface area contributed by atoms with Crippen molar-refractivity contribution in [1.29, 1.82) is 0 Å². The standard InChI is InChI=1S/C22H28N4O2.HI/c1-23-22(24-12-11-19-15-17-7-3-4-10-21(17)25-19)26-18-8-5-9-20(16-18)28-14-6-13-27-2;/h3-5,7-10,15-16,25H,6,11-14H2,1-2H3,(H2,23,24,26);1H. The Morgan fingerprint density at radius 3 is 2.72 bits per heavy atom. The number of hydrogen-bond acceptors (Lipinski definition) is 3. The van der Waals surface area contributed by atoms with E-state index in [0.717, 1.165) is 36.8 Å². The van der Waals surface area contributed by atoms with Gasteiger partial charge in [0.1, 0.15) is 5.75 Å². The van der Waals surface area contributed by atoms with Crippen LogP contribution in [-0.4, -0.2) is 44.9 Å². The zero-order valence-electron chi connectivity index (χ0n) is 16.9. The second-order valence-electron chi connectivity index (χ2n) is 6.48. The molecule has 0 bridgehead atoms. The first-order chi connectivity index (χ1) is 13.8. The highest BCUT2D eigenvalue weighted by molar-refractivity contribution is 14.0. The van der Waals surface area contributed by atoms with Crippen LogP contribution in [0.1, 0.15) is 12.1 Å². The smallest absolute Gasteiger partial charge is 0.195 e. The maximum atomic E-state index is 5.75. The van der Waals surface area contributed by atoms with Gasteiger partial charge in [0, 0.05) is 63.1 Å². The summed E-state index contributed by atoms with van der Waals surface area (Å²) >= 11 is 0. The normalized spacial score (nSPS) is 11.2. The molecule has 3 aromatic rings. The van der Waals surface area contributed by atoms with Crippen LogP contribution in [0.5, 0.6) is 5.75 Å². The Balaban J connectivity index is 0.00000300. The molecule has 0 saturated carbocycles. The Labute approximate surface area is 189 Å². The van der Waals surface area contributed by atoms with E-state index in [-0.39, 0.29) is 24.0 Å². The molecule has 0 radical (unpaired) electrons. The lowest BCUT2D eigenvalue weighted by molar-refractivity contribution is 0.172. The largest absolute Gasteiger partial charge is 0.493 e. The van der Waals surface area contributed by atoms with Crippen LogP contribution in [0.3, 0.4) is 0 Å². The molecule has 0 atom stereocenters. The lowest BCUT2D eigenvalue weighted by Gasteiger charge is -2.13. The average Bonchev–Trinajstić information content (AvgIpc) is 3.13. The zero-order chi connectivity index (χ0) is 19.6. The molecule has 0 spiro atoms. The minimum atomic E-state index is 0. The average molecular weight is 508 g/mol. The summed E-state index contributed by atoms with van der Waals surface area (Å²) in [5.74, 6) is 1.56. The van der Waals surface area contributed by atoms with Crippen molar-refractivity contribution in [3.05, 3.63) is 60.3 Å². The van der Waals surface area contributed by atoms with E-state index in [2.05, 4.69) is 44.9 Å². The summed E-state index contributed by atoms with van der Waals surface area (Å²) < 4.78 is 10.8. The lowest BCUT2D eigenvalue weighted by atomic mass is 10.2. The number of hydrogen-bond donors (Lipinski definition) is 3. The van der Waals surface area contributed by atoms with Gasteiger partial charge in [0.2, 0.25) is 0 Å². The molecule has 1 aromatic heterocycles. The van der Waals surface area contributed by atoms with E-state index in [1.165, 1.54) is 16.6 Å². The van der Waals surface area contributed by atoms with E-state index in [4.69, 9.17) is 9.47 Å². The van der Waals surface area contributed by atoms with Crippen LogP contribution in [0.4, 0.5) is 5.69 Å². The fourth-order valence-electron chi connectivity index (χ4n) is 2.96. The zero-order valence-corrected chi connectivity index (χ0v) is 19.2. The van der Waals surface area contributed by atoms with Crippen molar-refractivity contribution in [3.8, 4) is 5.75 Å². The fourth-order valence-corrected chi connectivity index (χ4v) is 2.96. The molecule has 0 amide bonds. The molecule has 0 unspecified atom stereocenters. The Bertz CT molecular complexity index is 877. The van der Waals surface area contributed by atoms with Gasteiger partial charge in [-0.25, -0.2) is 0 Å².